The highest BCUT2D eigenvalue weighted by molar-refractivity contribution is 5.88. The lowest BCUT2D eigenvalue weighted by molar-refractivity contribution is -0.129. The van der Waals surface area contributed by atoms with Gasteiger partial charge in [-0.15, -0.1) is 0 Å². The second-order valence-corrected chi connectivity index (χ2v) is 25.4. The van der Waals surface area contributed by atoms with Crippen LogP contribution in [0.2, 0.25) is 0 Å². The smallest absolute Gasteiger partial charge is 0.243 e. The maximum atomic E-state index is 13.2. The van der Waals surface area contributed by atoms with E-state index in [2.05, 4.69) is 79.9 Å². The summed E-state index contributed by atoms with van der Waals surface area (Å²) in [7, 11) is 1.95. The van der Waals surface area contributed by atoms with Gasteiger partial charge in [0.1, 0.15) is 6.04 Å². The third-order valence-electron chi connectivity index (χ3n) is 14.5. The van der Waals surface area contributed by atoms with E-state index in [1.54, 1.807) is 0 Å². The van der Waals surface area contributed by atoms with E-state index in [4.69, 9.17) is 0 Å². The van der Waals surface area contributed by atoms with Gasteiger partial charge in [0.05, 0.1) is 12.7 Å². The van der Waals surface area contributed by atoms with Crippen LogP contribution in [0.15, 0.2) is 24.3 Å². The van der Waals surface area contributed by atoms with Gasteiger partial charge in [0.25, 0.3) is 0 Å². The Hall–Kier alpha value is -3.62. The lowest BCUT2D eigenvalue weighted by Gasteiger charge is -2.34. The number of ketones is 1. The molecule has 2 atom stereocenters. The van der Waals surface area contributed by atoms with Crippen molar-refractivity contribution in [3.8, 4) is 0 Å². The molecule has 0 saturated carbocycles. The van der Waals surface area contributed by atoms with Crippen LogP contribution < -0.4 is 31.9 Å². The third kappa shape index (κ3) is 51.3. The van der Waals surface area contributed by atoms with Crippen LogP contribution in [0.3, 0.4) is 0 Å². The largest absolute Gasteiger partial charge is 0.356 e. The molecule has 1 heterocycles. The Morgan fingerprint density at radius 1 is 0.425 bits per heavy atom. The number of unbranched alkanes of at least 4 members (excludes halogenated alkanes) is 22. The van der Waals surface area contributed by atoms with Gasteiger partial charge in [-0.25, -0.2) is 0 Å². The molecule has 0 aromatic carbocycles. The Bertz CT molecular complexity index is 1630. The number of piperazine rings is 1. The van der Waals surface area contributed by atoms with Gasteiger partial charge in [-0.05, 0) is 115 Å². The minimum atomic E-state index is -0.592. The van der Waals surface area contributed by atoms with E-state index >= 15 is 0 Å². The summed E-state index contributed by atoms with van der Waals surface area (Å²) in [5.74, 6) is -0.223. The lowest BCUT2D eigenvalue weighted by Crippen LogP contribution is -2.54. The molecule has 14 heteroatoms. The van der Waals surface area contributed by atoms with Crippen molar-refractivity contribution >= 4 is 35.3 Å². The van der Waals surface area contributed by atoms with Gasteiger partial charge >= 0.3 is 0 Å². The molecule has 1 saturated heterocycles. The summed E-state index contributed by atoms with van der Waals surface area (Å²) in [4.78, 5) is 78.8. The van der Waals surface area contributed by atoms with Crippen molar-refractivity contribution in [2.75, 3.05) is 59.7 Å². The topological polar surface area (TPSA) is 181 Å². The monoisotopic (exact) mass is 1130 g/mol. The molecule has 5 amide bonds. The van der Waals surface area contributed by atoms with E-state index in [1.165, 1.54) is 122 Å². The highest BCUT2D eigenvalue weighted by Gasteiger charge is 2.24. The molecule has 0 aromatic rings. The number of hydrogen-bond donors (Lipinski definition) is 6. The average Bonchev–Trinajstić information content (AvgIpc) is 3.39. The van der Waals surface area contributed by atoms with Crippen LogP contribution in [0, 0.1) is 10.8 Å². The SMILES string of the molecule is CCCCCCCC/C=C\CCCCCCCC(=O)N[C@@H](CCCNC(=O)CC(C)(C)C)C(=O)NCN1CCN(CNC)CC1.CCCCCCCC/C=C\CCCCCCCC(=O)N[C@@H](CCCNC(=O)CC(C)(C)C)C(C)=O. The fourth-order valence-corrected chi connectivity index (χ4v) is 9.69. The van der Waals surface area contributed by atoms with E-state index in [0.29, 0.717) is 71.1 Å². The Balaban J connectivity index is 0.00000161. The first-order valence-electron chi connectivity index (χ1n) is 32.6. The molecular formula is C66H126N8O6. The summed E-state index contributed by atoms with van der Waals surface area (Å²) in [5.41, 5.74) is -0.104. The molecule has 1 aliphatic heterocycles. The van der Waals surface area contributed by atoms with Gasteiger partial charge in [0, 0.05) is 71.6 Å². The van der Waals surface area contributed by atoms with Crippen molar-refractivity contribution in [2.24, 2.45) is 10.8 Å². The van der Waals surface area contributed by atoms with Gasteiger partial charge in [-0.3, -0.25) is 38.6 Å². The zero-order valence-corrected chi connectivity index (χ0v) is 53.5. The molecule has 0 spiro atoms. The van der Waals surface area contributed by atoms with Crippen LogP contribution in [-0.2, 0) is 28.8 Å². The third-order valence-corrected chi connectivity index (χ3v) is 14.5. The molecule has 466 valence electrons. The number of amides is 5. The predicted molar refractivity (Wildman–Crippen MR) is 336 cm³/mol. The number of rotatable bonds is 48. The zero-order valence-electron chi connectivity index (χ0n) is 53.5. The first-order valence-corrected chi connectivity index (χ1v) is 32.6. The van der Waals surface area contributed by atoms with Gasteiger partial charge in [-0.2, -0.15) is 0 Å². The van der Waals surface area contributed by atoms with E-state index in [1.807, 2.05) is 48.6 Å². The second-order valence-electron chi connectivity index (χ2n) is 25.4. The molecule has 0 aromatic heterocycles. The summed E-state index contributed by atoms with van der Waals surface area (Å²) < 4.78 is 0. The lowest BCUT2D eigenvalue weighted by atomic mass is 9.92. The van der Waals surface area contributed by atoms with Crippen LogP contribution in [0.1, 0.15) is 281 Å². The van der Waals surface area contributed by atoms with E-state index in [9.17, 15) is 28.8 Å². The predicted octanol–water partition coefficient (Wildman–Crippen LogP) is 13.1. The van der Waals surface area contributed by atoms with Crippen LogP contribution in [0.4, 0.5) is 0 Å². The number of allylic oxidation sites excluding steroid dienone is 4. The second kappa shape index (κ2) is 51.1. The molecule has 80 heavy (non-hydrogen) atoms. The molecule has 1 fully saturated rings. The standard InChI is InChI=1S/C36H70N6O3.C30H56N2O3/c1-6-7-8-9-10-11-12-13-14-15-16-17-18-19-20-23-33(43)40-32(22-21-24-38-34(44)29-36(2,3)4)35(45)39-31-42-27-25-41(26-28-42)30-37-5;1-6-7-8-9-10-11-12-13-14-15-16-17-18-19-20-23-28(34)32-27(26(2)33)22-21-24-31-29(35)25-30(3,4)5/h13-14,32,37H,6-12,15-31H2,1-5H3,(H,38,44)(H,39,45)(H,40,43);13-14,27H,6-12,15-25H2,1-5H3,(H,31,35)(H,32,34)/b2*14-13-/t32-;27-/m00/s1. The van der Waals surface area contributed by atoms with Crippen LogP contribution in [-0.4, -0.2) is 117 Å². The molecule has 6 N–H and O–H groups in total. The molecule has 0 unspecified atom stereocenters. The number of Topliss-reactive ketones (excluding diaryl/α,β-unsaturated/α-hetero) is 1. The van der Waals surface area contributed by atoms with Gasteiger partial charge < -0.3 is 31.9 Å². The van der Waals surface area contributed by atoms with Crippen LogP contribution in [0.5, 0.6) is 0 Å². The van der Waals surface area contributed by atoms with Crippen molar-refractivity contribution in [3.05, 3.63) is 24.3 Å². The quantitative estimate of drug-likeness (QED) is 0.0255. The minimum absolute atomic E-state index is 0.0224. The molecule has 14 nitrogen and oxygen atoms in total. The molecular weight excluding hydrogens is 1000 g/mol. The van der Waals surface area contributed by atoms with E-state index in [-0.39, 0.29) is 46.1 Å². The Kier molecular flexibility index (Phi) is 48.7. The van der Waals surface area contributed by atoms with Crippen LogP contribution >= 0.6 is 0 Å². The minimum Gasteiger partial charge on any atom is -0.356 e. The van der Waals surface area contributed by atoms with Crippen molar-refractivity contribution in [2.45, 2.75) is 293 Å². The molecule has 0 aliphatic carbocycles. The highest BCUT2D eigenvalue weighted by Crippen LogP contribution is 2.19. The molecule has 1 rings (SSSR count). The highest BCUT2D eigenvalue weighted by atomic mass is 16.2. The molecule has 0 bridgehead atoms. The summed E-state index contributed by atoms with van der Waals surface area (Å²) in [6, 6.07) is -1.05. The normalized spacial score (nSPS) is 14.1. The summed E-state index contributed by atoms with van der Waals surface area (Å²) in [5, 5.41) is 18.0. The van der Waals surface area contributed by atoms with Gasteiger partial charge in [-0.1, -0.05) is 182 Å². The average molecular weight is 1130 g/mol. The first kappa shape index (κ1) is 76.4. The van der Waals surface area contributed by atoms with Crippen molar-refractivity contribution in [3.63, 3.8) is 0 Å². The first-order chi connectivity index (χ1) is 38.3. The number of hydrogen-bond acceptors (Lipinski definition) is 9. The maximum absolute atomic E-state index is 13.2. The van der Waals surface area contributed by atoms with Crippen molar-refractivity contribution in [1.29, 1.82) is 0 Å². The van der Waals surface area contributed by atoms with Gasteiger partial charge in [0.2, 0.25) is 29.5 Å². The summed E-state index contributed by atoms with van der Waals surface area (Å²) in [6.45, 7) is 24.3. The zero-order chi connectivity index (χ0) is 59.5. The molecule has 0 radical (unpaired) electrons. The number of nitrogens with one attached hydrogen (secondary N) is 6. The van der Waals surface area contributed by atoms with E-state index < -0.39 is 12.1 Å². The van der Waals surface area contributed by atoms with Crippen LogP contribution in [0.25, 0.3) is 0 Å². The van der Waals surface area contributed by atoms with Crippen molar-refractivity contribution in [1.82, 2.24) is 41.7 Å². The Morgan fingerprint density at radius 3 is 1.12 bits per heavy atom. The number of carbonyl (C=O) groups is 6. The number of nitrogens with zero attached hydrogens (tertiary/aromatic N) is 2. The number of carbonyl (C=O) groups excluding carboxylic acids is 6. The van der Waals surface area contributed by atoms with Gasteiger partial charge in [0.15, 0.2) is 5.78 Å². The van der Waals surface area contributed by atoms with E-state index in [0.717, 1.165) is 84.2 Å². The Morgan fingerprint density at radius 2 is 0.762 bits per heavy atom. The summed E-state index contributed by atoms with van der Waals surface area (Å²) in [6.07, 6.45) is 45.5. The Labute approximate surface area is 491 Å². The summed E-state index contributed by atoms with van der Waals surface area (Å²) >= 11 is 0. The maximum Gasteiger partial charge on any atom is 0.243 e. The molecule has 1 aliphatic rings. The fraction of sp³-hybridized carbons (Fsp3) is 0.848. The van der Waals surface area contributed by atoms with Crippen molar-refractivity contribution < 1.29 is 28.8 Å². The fourth-order valence-electron chi connectivity index (χ4n) is 9.69.